The lowest BCUT2D eigenvalue weighted by atomic mass is 10.1. The maximum atomic E-state index is 9.78. The summed E-state index contributed by atoms with van der Waals surface area (Å²) in [4.78, 5) is 2.17. The topological polar surface area (TPSA) is 23.5 Å². The van der Waals surface area contributed by atoms with E-state index in [1.165, 1.54) is 0 Å². The lowest BCUT2D eigenvalue weighted by Crippen LogP contribution is -2.09. The fourth-order valence-corrected chi connectivity index (χ4v) is 3.73. The number of halogens is 2. The molecule has 0 aliphatic carbocycles. The molecule has 128 valence electrons. The van der Waals surface area contributed by atoms with Gasteiger partial charge in [-0.3, -0.25) is 0 Å². The van der Waals surface area contributed by atoms with Crippen LogP contribution in [0.15, 0.2) is 89.4 Å². The standard InChI is InChI=1S/C22H15BrClNO/c23-16-5-4-8-18(12-16)25(17-6-2-1-3-7-17)19-10-9-15-11-20(26)14-22(24)21(15)13-19/h1-14,26H. The summed E-state index contributed by atoms with van der Waals surface area (Å²) in [5.41, 5.74) is 3.09. The van der Waals surface area contributed by atoms with Gasteiger partial charge in [0.15, 0.2) is 0 Å². The number of phenolic OH excluding ortho intramolecular Hbond substituents is 1. The predicted octanol–water partition coefficient (Wildman–Crippen LogP) is 7.43. The second-order valence-electron chi connectivity index (χ2n) is 5.98. The molecule has 0 heterocycles. The Kier molecular flexibility index (Phi) is 4.58. The van der Waals surface area contributed by atoms with E-state index in [2.05, 4.69) is 45.1 Å². The summed E-state index contributed by atoms with van der Waals surface area (Å²) in [5, 5.41) is 12.1. The van der Waals surface area contributed by atoms with Crippen LogP contribution in [0.5, 0.6) is 5.75 Å². The molecule has 0 aromatic heterocycles. The van der Waals surface area contributed by atoms with Gasteiger partial charge in [-0.1, -0.05) is 57.9 Å². The predicted molar refractivity (Wildman–Crippen MR) is 113 cm³/mol. The number of rotatable bonds is 3. The number of para-hydroxylation sites is 1. The van der Waals surface area contributed by atoms with Crippen LogP contribution >= 0.6 is 27.5 Å². The average Bonchev–Trinajstić information content (AvgIpc) is 2.63. The molecule has 1 N–H and O–H groups in total. The van der Waals surface area contributed by atoms with Crippen LogP contribution < -0.4 is 4.90 Å². The number of phenols is 1. The highest BCUT2D eigenvalue weighted by atomic mass is 79.9. The third kappa shape index (κ3) is 3.28. The summed E-state index contributed by atoms with van der Waals surface area (Å²) in [6, 6.07) is 27.7. The maximum absolute atomic E-state index is 9.78. The number of hydrogen-bond donors (Lipinski definition) is 1. The van der Waals surface area contributed by atoms with Gasteiger partial charge in [-0.15, -0.1) is 0 Å². The molecule has 0 aliphatic rings. The van der Waals surface area contributed by atoms with E-state index in [0.717, 1.165) is 32.3 Å². The quantitative estimate of drug-likeness (QED) is 0.369. The van der Waals surface area contributed by atoms with Gasteiger partial charge in [0.25, 0.3) is 0 Å². The zero-order valence-electron chi connectivity index (χ0n) is 13.7. The second-order valence-corrected chi connectivity index (χ2v) is 7.31. The van der Waals surface area contributed by atoms with Crippen LogP contribution in [0.4, 0.5) is 17.1 Å². The van der Waals surface area contributed by atoms with Crippen LogP contribution in [-0.2, 0) is 0 Å². The van der Waals surface area contributed by atoms with Crippen LogP contribution in [0.1, 0.15) is 0 Å². The fraction of sp³-hybridized carbons (Fsp3) is 0. The minimum absolute atomic E-state index is 0.169. The molecular weight excluding hydrogens is 410 g/mol. The van der Waals surface area contributed by atoms with Crippen LogP contribution in [0.25, 0.3) is 10.8 Å². The van der Waals surface area contributed by atoms with Crippen LogP contribution in [0.2, 0.25) is 5.02 Å². The highest BCUT2D eigenvalue weighted by Gasteiger charge is 2.14. The van der Waals surface area contributed by atoms with E-state index in [1.54, 1.807) is 12.1 Å². The number of nitrogens with zero attached hydrogens (tertiary/aromatic N) is 1. The van der Waals surface area contributed by atoms with Crippen molar-refractivity contribution in [2.45, 2.75) is 0 Å². The monoisotopic (exact) mass is 423 g/mol. The van der Waals surface area contributed by atoms with E-state index >= 15 is 0 Å². The summed E-state index contributed by atoms with van der Waals surface area (Å²) >= 11 is 9.93. The molecule has 4 aromatic carbocycles. The van der Waals surface area contributed by atoms with Crippen molar-refractivity contribution in [3.05, 3.63) is 94.4 Å². The molecule has 0 saturated carbocycles. The van der Waals surface area contributed by atoms with E-state index < -0.39 is 0 Å². The van der Waals surface area contributed by atoms with Gasteiger partial charge in [-0.05, 0) is 60.0 Å². The molecule has 0 atom stereocenters. The normalized spacial score (nSPS) is 10.8. The molecule has 4 rings (SSSR count). The van der Waals surface area contributed by atoms with Gasteiger partial charge in [-0.25, -0.2) is 0 Å². The Bertz CT molecular complexity index is 1080. The first-order valence-corrected chi connectivity index (χ1v) is 9.32. The van der Waals surface area contributed by atoms with Crippen LogP contribution in [-0.4, -0.2) is 5.11 Å². The lowest BCUT2D eigenvalue weighted by molar-refractivity contribution is 0.476. The molecule has 0 fully saturated rings. The molecule has 0 amide bonds. The highest BCUT2D eigenvalue weighted by Crippen LogP contribution is 2.38. The Morgan fingerprint density at radius 3 is 2.23 bits per heavy atom. The molecule has 4 heteroatoms. The molecular formula is C22H15BrClNO. The van der Waals surface area contributed by atoms with Crippen molar-refractivity contribution < 1.29 is 5.11 Å². The largest absolute Gasteiger partial charge is 0.508 e. The first-order chi connectivity index (χ1) is 12.6. The number of hydrogen-bond acceptors (Lipinski definition) is 2. The van der Waals surface area contributed by atoms with E-state index in [4.69, 9.17) is 11.6 Å². The van der Waals surface area contributed by atoms with Crippen molar-refractivity contribution in [2.75, 3.05) is 4.90 Å². The first-order valence-electron chi connectivity index (χ1n) is 8.15. The van der Waals surface area contributed by atoms with E-state index in [0.29, 0.717) is 5.02 Å². The van der Waals surface area contributed by atoms with E-state index in [9.17, 15) is 5.11 Å². The minimum Gasteiger partial charge on any atom is -0.508 e. The zero-order valence-corrected chi connectivity index (χ0v) is 16.1. The summed E-state index contributed by atoms with van der Waals surface area (Å²) in [7, 11) is 0. The fourth-order valence-electron chi connectivity index (χ4n) is 3.06. The molecule has 0 radical (unpaired) electrons. The number of anilines is 3. The number of benzene rings is 4. The summed E-state index contributed by atoms with van der Waals surface area (Å²) < 4.78 is 1.01. The SMILES string of the molecule is Oc1cc(Cl)c2cc(N(c3ccccc3)c3cccc(Br)c3)ccc2c1. The molecule has 0 saturated heterocycles. The highest BCUT2D eigenvalue weighted by molar-refractivity contribution is 9.10. The van der Waals surface area contributed by atoms with Crippen molar-refractivity contribution in [3.63, 3.8) is 0 Å². The Morgan fingerprint density at radius 2 is 1.46 bits per heavy atom. The lowest BCUT2D eigenvalue weighted by Gasteiger charge is -2.26. The van der Waals surface area contributed by atoms with Gasteiger partial charge < -0.3 is 10.0 Å². The summed E-state index contributed by atoms with van der Waals surface area (Å²) in [6.07, 6.45) is 0. The molecule has 26 heavy (non-hydrogen) atoms. The molecule has 0 unspecified atom stereocenters. The smallest absolute Gasteiger partial charge is 0.117 e. The zero-order chi connectivity index (χ0) is 18.1. The van der Waals surface area contributed by atoms with Gasteiger partial charge in [0.2, 0.25) is 0 Å². The molecule has 0 spiro atoms. The van der Waals surface area contributed by atoms with Crippen molar-refractivity contribution in [2.24, 2.45) is 0 Å². The van der Waals surface area contributed by atoms with Gasteiger partial charge in [0.1, 0.15) is 5.75 Å². The summed E-state index contributed by atoms with van der Waals surface area (Å²) in [5.74, 6) is 0.169. The summed E-state index contributed by atoms with van der Waals surface area (Å²) in [6.45, 7) is 0. The Hall–Kier alpha value is -2.49. The van der Waals surface area contributed by atoms with Crippen molar-refractivity contribution >= 4 is 55.4 Å². The maximum Gasteiger partial charge on any atom is 0.117 e. The van der Waals surface area contributed by atoms with Crippen molar-refractivity contribution in [3.8, 4) is 5.75 Å². The van der Waals surface area contributed by atoms with Gasteiger partial charge >= 0.3 is 0 Å². The van der Waals surface area contributed by atoms with Gasteiger partial charge in [-0.2, -0.15) is 0 Å². The number of fused-ring (bicyclic) bond motifs is 1. The average molecular weight is 425 g/mol. The van der Waals surface area contributed by atoms with Crippen molar-refractivity contribution in [1.82, 2.24) is 0 Å². The van der Waals surface area contributed by atoms with E-state index in [1.807, 2.05) is 48.5 Å². The van der Waals surface area contributed by atoms with Crippen LogP contribution in [0, 0.1) is 0 Å². The Labute approximate surface area is 165 Å². The third-order valence-electron chi connectivity index (χ3n) is 4.21. The second kappa shape index (κ2) is 7.02. The minimum atomic E-state index is 0.169. The van der Waals surface area contributed by atoms with E-state index in [-0.39, 0.29) is 5.75 Å². The van der Waals surface area contributed by atoms with Crippen LogP contribution in [0.3, 0.4) is 0 Å². The number of aromatic hydroxyl groups is 1. The van der Waals surface area contributed by atoms with Gasteiger partial charge in [0.05, 0.1) is 5.02 Å². The Morgan fingerprint density at radius 1 is 0.731 bits per heavy atom. The molecule has 4 aromatic rings. The van der Waals surface area contributed by atoms with Crippen molar-refractivity contribution in [1.29, 1.82) is 0 Å². The Balaban J connectivity index is 1.93. The molecule has 2 nitrogen and oxygen atoms in total. The molecule has 0 aliphatic heterocycles. The van der Waals surface area contributed by atoms with Gasteiger partial charge in [0, 0.05) is 26.9 Å². The molecule has 0 bridgehead atoms. The first kappa shape index (κ1) is 17.0. The third-order valence-corrected chi connectivity index (χ3v) is 5.02.